The second-order valence-electron chi connectivity index (χ2n) is 4.16. The molecule has 0 saturated heterocycles. The Morgan fingerprint density at radius 3 is 2.86 bits per heavy atom. The number of furan rings is 1. The second kappa shape index (κ2) is 7.73. The zero-order chi connectivity index (χ0) is 14.9. The largest absolute Gasteiger partial charge is 0.467 e. The van der Waals surface area contributed by atoms with Gasteiger partial charge in [-0.3, -0.25) is 14.9 Å². The quantitative estimate of drug-likeness (QED) is 0.343. The van der Waals surface area contributed by atoms with E-state index in [1.54, 1.807) is 19.4 Å². The molecule has 0 aliphatic heterocycles. The van der Waals surface area contributed by atoms with Crippen molar-refractivity contribution in [3.05, 3.63) is 42.1 Å². The van der Waals surface area contributed by atoms with E-state index in [0.717, 1.165) is 5.76 Å². The summed E-state index contributed by atoms with van der Waals surface area (Å²) in [5.41, 5.74) is 0.440. The number of hydrogen-bond acceptors (Lipinski definition) is 4. The van der Waals surface area contributed by atoms with Crippen molar-refractivity contribution in [2.45, 2.75) is 6.54 Å². The van der Waals surface area contributed by atoms with Gasteiger partial charge in [0.15, 0.2) is 5.96 Å². The lowest BCUT2D eigenvalue weighted by molar-refractivity contribution is 0.0949. The lowest BCUT2D eigenvalue weighted by Gasteiger charge is -2.11. The van der Waals surface area contributed by atoms with E-state index in [1.807, 2.05) is 12.1 Å². The van der Waals surface area contributed by atoms with Gasteiger partial charge in [0.25, 0.3) is 5.91 Å². The lowest BCUT2D eigenvalue weighted by atomic mass is 10.4. The molecule has 0 unspecified atom stereocenters. The Morgan fingerprint density at radius 2 is 2.19 bits per heavy atom. The number of rotatable bonds is 6. The molecule has 2 aromatic rings. The summed E-state index contributed by atoms with van der Waals surface area (Å²) in [5.74, 6) is 1.28. The van der Waals surface area contributed by atoms with Crippen LogP contribution in [-0.2, 0) is 6.54 Å². The van der Waals surface area contributed by atoms with E-state index in [0.29, 0.717) is 31.3 Å². The number of guanidine groups is 1. The molecule has 0 saturated carbocycles. The number of aromatic amines is 1. The molecule has 0 aliphatic carbocycles. The van der Waals surface area contributed by atoms with Gasteiger partial charge in [0.05, 0.1) is 12.8 Å². The number of carbonyl (C=O) groups is 1. The summed E-state index contributed by atoms with van der Waals surface area (Å²) in [6.07, 6.45) is 3.16. The highest BCUT2D eigenvalue weighted by atomic mass is 16.3. The van der Waals surface area contributed by atoms with Crippen molar-refractivity contribution in [2.24, 2.45) is 4.99 Å². The minimum atomic E-state index is -0.187. The molecule has 2 heterocycles. The maximum absolute atomic E-state index is 11.6. The third-order valence-corrected chi connectivity index (χ3v) is 2.68. The third-order valence-electron chi connectivity index (χ3n) is 2.68. The first-order valence-corrected chi connectivity index (χ1v) is 6.54. The second-order valence-corrected chi connectivity index (χ2v) is 4.16. The maximum atomic E-state index is 11.6. The molecular weight excluding hydrogens is 272 g/mol. The van der Waals surface area contributed by atoms with E-state index in [-0.39, 0.29) is 5.91 Å². The molecule has 0 aliphatic rings. The van der Waals surface area contributed by atoms with Crippen molar-refractivity contribution in [2.75, 3.05) is 20.1 Å². The molecule has 0 aromatic carbocycles. The highest BCUT2D eigenvalue weighted by Gasteiger charge is 2.05. The standard InChI is InChI=1S/C13H18N6O2/c1-14-13(17-9-10-3-2-8-21-10)16-7-6-15-12(20)11-4-5-18-19-11/h2-5,8H,6-7,9H2,1H3,(H,15,20)(H,18,19)(H2,14,16,17). The zero-order valence-electron chi connectivity index (χ0n) is 11.7. The molecule has 8 heteroatoms. The van der Waals surface area contributed by atoms with Crippen molar-refractivity contribution in [1.29, 1.82) is 0 Å². The molecule has 21 heavy (non-hydrogen) atoms. The molecular formula is C13H18N6O2. The van der Waals surface area contributed by atoms with Crippen LogP contribution in [0.15, 0.2) is 40.1 Å². The van der Waals surface area contributed by atoms with Gasteiger partial charge < -0.3 is 20.4 Å². The first-order chi connectivity index (χ1) is 10.3. The Bertz CT molecular complexity index is 562. The molecule has 8 nitrogen and oxygen atoms in total. The average molecular weight is 290 g/mol. The van der Waals surface area contributed by atoms with E-state index in [1.165, 1.54) is 6.20 Å². The van der Waals surface area contributed by atoms with E-state index in [9.17, 15) is 4.79 Å². The number of amides is 1. The number of hydrogen-bond donors (Lipinski definition) is 4. The van der Waals surface area contributed by atoms with Gasteiger partial charge in [-0.05, 0) is 18.2 Å². The smallest absolute Gasteiger partial charge is 0.269 e. The SMILES string of the molecule is CN=C(NCCNC(=O)c1ccn[nH]1)NCc1ccco1. The Labute approximate surface area is 122 Å². The fraction of sp³-hybridized carbons (Fsp3) is 0.308. The summed E-state index contributed by atoms with van der Waals surface area (Å²) in [4.78, 5) is 15.7. The Hall–Kier alpha value is -2.77. The molecule has 0 radical (unpaired) electrons. The van der Waals surface area contributed by atoms with Crippen LogP contribution in [0.25, 0.3) is 0 Å². The van der Waals surface area contributed by atoms with Gasteiger partial charge >= 0.3 is 0 Å². The van der Waals surface area contributed by atoms with Gasteiger partial charge in [0.2, 0.25) is 0 Å². The van der Waals surface area contributed by atoms with Gasteiger partial charge in [-0.2, -0.15) is 5.10 Å². The summed E-state index contributed by atoms with van der Waals surface area (Å²) >= 11 is 0. The predicted molar refractivity (Wildman–Crippen MR) is 77.8 cm³/mol. The monoisotopic (exact) mass is 290 g/mol. The molecule has 2 rings (SSSR count). The van der Waals surface area contributed by atoms with Crippen molar-refractivity contribution in [3.63, 3.8) is 0 Å². The first kappa shape index (κ1) is 14.6. The summed E-state index contributed by atoms with van der Waals surface area (Å²) in [6, 6.07) is 5.33. The van der Waals surface area contributed by atoms with Gasteiger partial charge in [-0.15, -0.1) is 0 Å². The number of nitrogens with zero attached hydrogens (tertiary/aromatic N) is 2. The van der Waals surface area contributed by atoms with Gasteiger partial charge in [0.1, 0.15) is 11.5 Å². The van der Waals surface area contributed by atoms with Crippen molar-refractivity contribution < 1.29 is 9.21 Å². The third kappa shape index (κ3) is 4.68. The minimum absolute atomic E-state index is 0.187. The Balaban J connectivity index is 1.63. The van der Waals surface area contributed by atoms with Crippen LogP contribution in [0.4, 0.5) is 0 Å². The van der Waals surface area contributed by atoms with Gasteiger partial charge in [-0.1, -0.05) is 0 Å². The van der Waals surface area contributed by atoms with Crippen LogP contribution in [0.1, 0.15) is 16.2 Å². The number of aliphatic imine (C=N–C) groups is 1. The summed E-state index contributed by atoms with van der Waals surface area (Å²) in [6.45, 7) is 1.57. The molecule has 112 valence electrons. The van der Waals surface area contributed by atoms with Crippen LogP contribution in [-0.4, -0.2) is 42.2 Å². The van der Waals surface area contributed by atoms with Gasteiger partial charge in [-0.25, -0.2) is 0 Å². The van der Waals surface area contributed by atoms with E-state index >= 15 is 0 Å². The summed E-state index contributed by atoms with van der Waals surface area (Å²) in [5, 5.41) is 15.3. The van der Waals surface area contributed by atoms with Crippen LogP contribution in [0.2, 0.25) is 0 Å². The molecule has 0 atom stereocenters. The molecule has 0 fully saturated rings. The van der Waals surface area contributed by atoms with Crippen LogP contribution in [0.3, 0.4) is 0 Å². The Kier molecular flexibility index (Phi) is 5.39. The predicted octanol–water partition coefficient (Wildman–Crippen LogP) is 0.0977. The highest BCUT2D eigenvalue weighted by Crippen LogP contribution is 1.98. The highest BCUT2D eigenvalue weighted by molar-refractivity contribution is 5.92. The van der Waals surface area contributed by atoms with Crippen molar-refractivity contribution >= 4 is 11.9 Å². The first-order valence-electron chi connectivity index (χ1n) is 6.54. The maximum Gasteiger partial charge on any atom is 0.269 e. The van der Waals surface area contributed by atoms with Gasteiger partial charge in [0, 0.05) is 26.3 Å². The average Bonchev–Trinajstić information content (AvgIpc) is 3.19. The number of carbonyl (C=O) groups excluding carboxylic acids is 1. The molecule has 2 aromatic heterocycles. The number of nitrogens with one attached hydrogen (secondary N) is 4. The molecule has 1 amide bonds. The minimum Gasteiger partial charge on any atom is -0.467 e. The molecule has 4 N–H and O–H groups in total. The van der Waals surface area contributed by atoms with E-state index in [2.05, 4.69) is 31.1 Å². The normalized spacial score (nSPS) is 11.2. The van der Waals surface area contributed by atoms with Crippen LogP contribution in [0.5, 0.6) is 0 Å². The molecule has 0 spiro atoms. The van der Waals surface area contributed by atoms with Crippen LogP contribution in [0, 0.1) is 0 Å². The number of aromatic nitrogens is 2. The fourth-order valence-corrected chi connectivity index (χ4v) is 1.64. The zero-order valence-corrected chi connectivity index (χ0v) is 11.7. The summed E-state index contributed by atoms with van der Waals surface area (Å²) < 4.78 is 5.22. The lowest BCUT2D eigenvalue weighted by Crippen LogP contribution is -2.41. The Morgan fingerprint density at radius 1 is 1.33 bits per heavy atom. The van der Waals surface area contributed by atoms with E-state index in [4.69, 9.17) is 4.42 Å². The van der Waals surface area contributed by atoms with Crippen molar-refractivity contribution in [1.82, 2.24) is 26.1 Å². The van der Waals surface area contributed by atoms with Crippen LogP contribution >= 0.6 is 0 Å². The summed E-state index contributed by atoms with van der Waals surface area (Å²) in [7, 11) is 1.68. The molecule has 0 bridgehead atoms. The number of H-pyrrole nitrogens is 1. The van der Waals surface area contributed by atoms with Crippen molar-refractivity contribution in [3.8, 4) is 0 Å². The van der Waals surface area contributed by atoms with Crippen LogP contribution < -0.4 is 16.0 Å². The fourth-order valence-electron chi connectivity index (χ4n) is 1.64. The topological polar surface area (TPSA) is 107 Å². The van der Waals surface area contributed by atoms with E-state index < -0.39 is 0 Å².